The monoisotopic (exact) mass is 169 g/mol. The van der Waals surface area contributed by atoms with Crippen molar-refractivity contribution in [1.29, 1.82) is 0 Å². The predicted molar refractivity (Wildman–Crippen MR) is 41.5 cm³/mol. The predicted octanol–water partition coefficient (Wildman–Crippen LogP) is -0.233. The first kappa shape index (κ1) is 8.90. The number of likely N-dealkylation sites (tertiary alicyclic amines) is 1. The number of carbonyl (C=O) groups is 3. The molecule has 1 rings (SSSR count). The summed E-state index contributed by atoms with van der Waals surface area (Å²) in [6, 6.07) is 0. The Hall–Kier alpha value is -1.19. The van der Waals surface area contributed by atoms with Gasteiger partial charge in [-0.1, -0.05) is 0 Å². The Labute approximate surface area is 70.5 Å². The highest BCUT2D eigenvalue weighted by Gasteiger charge is 2.23. The average molecular weight is 169 g/mol. The van der Waals surface area contributed by atoms with Crippen molar-refractivity contribution in [3.63, 3.8) is 0 Å². The number of ketones is 2. The Balaban J connectivity index is 2.55. The molecule has 12 heavy (non-hydrogen) atoms. The van der Waals surface area contributed by atoms with Crippen molar-refractivity contribution >= 4 is 17.5 Å². The molecule has 1 aliphatic heterocycles. The van der Waals surface area contributed by atoms with Gasteiger partial charge in [-0.05, 0) is 6.92 Å². The summed E-state index contributed by atoms with van der Waals surface area (Å²) < 4.78 is 0. The van der Waals surface area contributed by atoms with Crippen LogP contribution >= 0.6 is 0 Å². The second-order valence-corrected chi connectivity index (χ2v) is 2.99. The third-order valence-electron chi connectivity index (χ3n) is 1.75. The van der Waals surface area contributed by atoms with Crippen molar-refractivity contribution in [1.82, 2.24) is 4.90 Å². The Morgan fingerprint density at radius 2 is 2.08 bits per heavy atom. The highest BCUT2D eigenvalue weighted by molar-refractivity contribution is 5.95. The zero-order valence-electron chi connectivity index (χ0n) is 7.00. The maximum Gasteiger partial charge on any atom is 0.223 e. The molecule has 0 N–H and O–H groups in total. The summed E-state index contributed by atoms with van der Waals surface area (Å²) in [4.78, 5) is 34.0. The molecule has 0 saturated carbocycles. The summed E-state index contributed by atoms with van der Waals surface area (Å²) in [5.41, 5.74) is 0. The van der Waals surface area contributed by atoms with Crippen LogP contribution in [-0.4, -0.2) is 35.5 Å². The summed E-state index contributed by atoms with van der Waals surface area (Å²) in [6.45, 7) is 1.59. The zero-order valence-corrected chi connectivity index (χ0v) is 7.00. The van der Waals surface area contributed by atoms with Gasteiger partial charge in [-0.2, -0.15) is 0 Å². The first-order valence-electron chi connectivity index (χ1n) is 3.88. The van der Waals surface area contributed by atoms with E-state index in [9.17, 15) is 14.4 Å². The van der Waals surface area contributed by atoms with E-state index in [-0.39, 0.29) is 37.0 Å². The van der Waals surface area contributed by atoms with Crippen LogP contribution < -0.4 is 0 Å². The maximum atomic E-state index is 11.1. The van der Waals surface area contributed by atoms with Gasteiger partial charge < -0.3 is 4.90 Å². The molecule has 0 radical (unpaired) electrons. The van der Waals surface area contributed by atoms with Gasteiger partial charge in [-0.15, -0.1) is 0 Å². The molecule has 0 aromatic rings. The number of hydrogen-bond acceptors (Lipinski definition) is 3. The lowest BCUT2D eigenvalue weighted by Gasteiger charge is -2.24. The standard InChI is InChI=1S/C8H11NO3/c1-6(10)4-9-5-7(11)2-3-8(9)12/h2-5H2,1H3. The van der Waals surface area contributed by atoms with Crippen LogP contribution in [0, 0.1) is 0 Å². The van der Waals surface area contributed by atoms with E-state index in [1.807, 2.05) is 0 Å². The third-order valence-corrected chi connectivity index (χ3v) is 1.75. The van der Waals surface area contributed by atoms with Crippen LogP contribution in [0.2, 0.25) is 0 Å². The highest BCUT2D eigenvalue weighted by atomic mass is 16.2. The molecular weight excluding hydrogens is 158 g/mol. The molecule has 1 aliphatic rings. The summed E-state index contributed by atoms with van der Waals surface area (Å²) in [5, 5.41) is 0. The van der Waals surface area contributed by atoms with Crippen LogP contribution in [0.25, 0.3) is 0 Å². The molecule has 1 saturated heterocycles. The second kappa shape index (κ2) is 3.47. The van der Waals surface area contributed by atoms with Crippen LogP contribution in [0.5, 0.6) is 0 Å². The molecule has 0 aromatic heterocycles. The summed E-state index contributed by atoms with van der Waals surface area (Å²) in [6.07, 6.45) is 0.583. The van der Waals surface area contributed by atoms with Crippen LogP contribution in [0.1, 0.15) is 19.8 Å². The number of hydrogen-bond donors (Lipinski definition) is 0. The molecule has 0 aliphatic carbocycles. The zero-order chi connectivity index (χ0) is 9.14. The maximum absolute atomic E-state index is 11.1. The normalized spacial score (nSPS) is 18.2. The lowest BCUT2D eigenvalue weighted by Crippen LogP contribution is -2.42. The topological polar surface area (TPSA) is 54.5 Å². The minimum absolute atomic E-state index is 0.0378. The van der Waals surface area contributed by atoms with Gasteiger partial charge in [0, 0.05) is 12.8 Å². The molecule has 66 valence electrons. The quantitative estimate of drug-likeness (QED) is 0.573. The van der Waals surface area contributed by atoms with Crippen molar-refractivity contribution in [3.05, 3.63) is 0 Å². The van der Waals surface area contributed by atoms with Gasteiger partial charge in [0.2, 0.25) is 5.91 Å². The van der Waals surface area contributed by atoms with E-state index in [4.69, 9.17) is 0 Å². The summed E-state index contributed by atoms with van der Waals surface area (Å²) >= 11 is 0. The van der Waals surface area contributed by atoms with Crippen molar-refractivity contribution < 1.29 is 14.4 Å². The molecule has 1 fully saturated rings. The Kier molecular flexibility index (Phi) is 2.58. The number of rotatable bonds is 2. The summed E-state index contributed by atoms with van der Waals surface area (Å²) in [7, 11) is 0. The largest absolute Gasteiger partial charge is 0.328 e. The van der Waals surface area contributed by atoms with Gasteiger partial charge in [0.25, 0.3) is 0 Å². The molecule has 0 unspecified atom stereocenters. The van der Waals surface area contributed by atoms with E-state index in [0.29, 0.717) is 6.42 Å². The van der Waals surface area contributed by atoms with Gasteiger partial charge in [0.15, 0.2) is 5.78 Å². The first-order valence-corrected chi connectivity index (χ1v) is 3.88. The first-order chi connectivity index (χ1) is 5.59. The Morgan fingerprint density at radius 3 is 2.67 bits per heavy atom. The SMILES string of the molecule is CC(=O)CN1CC(=O)CCC1=O. The minimum atomic E-state index is -0.0928. The highest BCUT2D eigenvalue weighted by Crippen LogP contribution is 2.06. The molecule has 1 amide bonds. The van der Waals surface area contributed by atoms with Gasteiger partial charge in [-0.3, -0.25) is 14.4 Å². The fraction of sp³-hybridized carbons (Fsp3) is 0.625. The fourth-order valence-corrected chi connectivity index (χ4v) is 1.20. The summed E-state index contributed by atoms with van der Waals surface area (Å²) in [5.74, 6) is -0.140. The fourth-order valence-electron chi connectivity index (χ4n) is 1.20. The molecule has 1 heterocycles. The molecule has 0 bridgehead atoms. The smallest absolute Gasteiger partial charge is 0.223 e. The Bertz CT molecular complexity index is 232. The lowest BCUT2D eigenvalue weighted by molar-refractivity contribution is -0.142. The van der Waals surface area contributed by atoms with Gasteiger partial charge in [0.1, 0.15) is 5.78 Å². The van der Waals surface area contributed by atoms with Gasteiger partial charge >= 0.3 is 0 Å². The Morgan fingerprint density at radius 1 is 1.42 bits per heavy atom. The third kappa shape index (κ3) is 2.15. The molecule has 0 spiro atoms. The van der Waals surface area contributed by atoms with Crippen molar-refractivity contribution in [2.45, 2.75) is 19.8 Å². The number of nitrogens with zero attached hydrogens (tertiary/aromatic N) is 1. The number of Topliss-reactive ketones (excluding diaryl/α,β-unsaturated/α-hetero) is 2. The number of carbonyl (C=O) groups excluding carboxylic acids is 3. The van der Waals surface area contributed by atoms with Crippen LogP contribution in [0.4, 0.5) is 0 Å². The van der Waals surface area contributed by atoms with Crippen LogP contribution in [0.3, 0.4) is 0 Å². The van der Waals surface area contributed by atoms with E-state index >= 15 is 0 Å². The number of piperidine rings is 1. The number of amides is 1. The lowest BCUT2D eigenvalue weighted by atomic mass is 10.1. The van der Waals surface area contributed by atoms with Crippen molar-refractivity contribution in [2.24, 2.45) is 0 Å². The molecule has 4 heteroatoms. The molecular formula is C8H11NO3. The van der Waals surface area contributed by atoms with Crippen LogP contribution in [-0.2, 0) is 14.4 Å². The van der Waals surface area contributed by atoms with E-state index < -0.39 is 0 Å². The van der Waals surface area contributed by atoms with E-state index in [2.05, 4.69) is 0 Å². The van der Waals surface area contributed by atoms with Gasteiger partial charge in [0.05, 0.1) is 13.1 Å². The minimum Gasteiger partial charge on any atom is -0.328 e. The van der Waals surface area contributed by atoms with E-state index in [0.717, 1.165) is 0 Å². The van der Waals surface area contributed by atoms with Gasteiger partial charge in [-0.25, -0.2) is 0 Å². The molecule has 0 aromatic carbocycles. The van der Waals surface area contributed by atoms with Crippen LogP contribution in [0.15, 0.2) is 0 Å². The van der Waals surface area contributed by atoms with Crippen molar-refractivity contribution in [3.8, 4) is 0 Å². The van der Waals surface area contributed by atoms with Crippen molar-refractivity contribution in [2.75, 3.05) is 13.1 Å². The average Bonchev–Trinajstić information content (AvgIpc) is 1.96. The van der Waals surface area contributed by atoms with E-state index in [1.54, 1.807) is 0 Å². The molecule has 4 nitrogen and oxygen atoms in total. The molecule has 0 atom stereocenters. The second-order valence-electron chi connectivity index (χ2n) is 2.99. The van der Waals surface area contributed by atoms with E-state index in [1.165, 1.54) is 11.8 Å².